The summed E-state index contributed by atoms with van der Waals surface area (Å²) in [7, 11) is 1.56. The number of likely N-dealkylation sites (tertiary alicyclic amines) is 1. The molecule has 0 radical (unpaired) electrons. The van der Waals surface area contributed by atoms with Gasteiger partial charge in [-0.3, -0.25) is 24.7 Å². The first kappa shape index (κ1) is 48.9. The smallest absolute Gasteiger partial charge is 0.319 e. The lowest BCUT2D eigenvalue weighted by Gasteiger charge is -2.57. The number of imide groups is 1. The number of hydrogen-bond acceptors (Lipinski definition) is 14. The van der Waals surface area contributed by atoms with Crippen molar-refractivity contribution in [1.82, 2.24) is 35.4 Å². The van der Waals surface area contributed by atoms with E-state index in [0.717, 1.165) is 105 Å². The highest BCUT2D eigenvalue weighted by molar-refractivity contribution is 6.06. The maximum absolute atomic E-state index is 17.5. The van der Waals surface area contributed by atoms with Crippen LogP contribution in [0.5, 0.6) is 11.8 Å². The third-order valence-corrected chi connectivity index (χ3v) is 17.7. The number of benzene rings is 3. The van der Waals surface area contributed by atoms with Gasteiger partial charge in [0.2, 0.25) is 11.8 Å². The molecule has 2 aliphatic carbocycles. The molecule has 3 amide bonds. The van der Waals surface area contributed by atoms with Crippen LogP contribution in [0.3, 0.4) is 0 Å². The van der Waals surface area contributed by atoms with Crippen LogP contribution >= 0.6 is 0 Å². The van der Waals surface area contributed by atoms with Gasteiger partial charge in [0.15, 0.2) is 12.6 Å². The number of aromatic nitrogens is 3. The van der Waals surface area contributed by atoms with Crippen LogP contribution in [-0.4, -0.2) is 138 Å². The molecule has 5 aliphatic heterocycles. The average Bonchev–Trinajstić information content (AvgIpc) is 4.09. The molecule has 7 aliphatic rings. The SMILES string of the molecule is CCc1cccc2cc(OCOC)cc(-c3ncc4c(N5CCC[C@@](C)(O)C5)nc(OCC5(CN6CCC7(CC6)CC(C6CNCCN6c6cccc8c6CN(C6CCC(=O)NC6=O)C8=O)C7)CC5)nc4c3F)c12. The molecule has 0 bridgehead atoms. The van der Waals surface area contributed by atoms with Gasteiger partial charge in [0, 0.05) is 99.4 Å². The van der Waals surface area contributed by atoms with Gasteiger partial charge in [-0.05, 0) is 136 Å². The Morgan fingerprint density at radius 1 is 0.932 bits per heavy atom. The number of hydrogen-bond donors (Lipinski definition) is 3. The topological polar surface area (TPSA) is 175 Å². The second kappa shape index (κ2) is 19.3. The third kappa shape index (κ3) is 9.10. The molecule has 2 aromatic heterocycles. The number of nitrogens with zero attached hydrogens (tertiary/aromatic N) is 7. The van der Waals surface area contributed by atoms with Crippen LogP contribution in [0.15, 0.2) is 54.7 Å². The fourth-order valence-electron chi connectivity index (χ4n) is 13.5. The number of anilines is 2. The lowest BCUT2D eigenvalue weighted by Crippen LogP contribution is -2.60. The summed E-state index contributed by atoms with van der Waals surface area (Å²) in [5, 5.41) is 19.6. The number of β-amino-alcohol motifs (C(OH)–C–C–N with tert-alkyl or cyclic N) is 1. The Labute approximate surface area is 431 Å². The number of amides is 3. The van der Waals surface area contributed by atoms with E-state index in [2.05, 4.69) is 39.5 Å². The van der Waals surface area contributed by atoms with E-state index in [1.807, 2.05) is 48.2 Å². The van der Waals surface area contributed by atoms with E-state index in [-0.39, 0.29) is 53.6 Å². The normalized spacial score (nSPS) is 24.9. The van der Waals surface area contributed by atoms with Crippen LogP contribution < -0.4 is 29.9 Å². The van der Waals surface area contributed by atoms with Crippen LogP contribution in [0, 0.1) is 22.6 Å². The van der Waals surface area contributed by atoms with Gasteiger partial charge >= 0.3 is 6.01 Å². The Morgan fingerprint density at radius 3 is 2.53 bits per heavy atom. The molecule has 74 heavy (non-hydrogen) atoms. The van der Waals surface area contributed by atoms with Gasteiger partial charge in [-0.25, -0.2) is 4.39 Å². The number of rotatable bonds is 14. The molecular weight excluding hydrogens is 942 g/mol. The molecule has 6 fully saturated rings. The zero-order chi connectivity index (χ0) is 50.9. The van der Waals surface area contributed by atoms with Crippen molar-refractivity contribution in [3.63, 3.8) is 0 Å². The van der Waals surface area contributed by atoms with E-state index in [0.29, 0.717) is 84.5 Å². The standard InChI is InChI=1S/C57H68FN9O7/c1-4-35-8-5-9-36-24-38(74-34-72-3)25-40(47(35)36)49-48(58)50-41(28-60-49)51(65-20-7-14-55(2,71)31-65)63-54(62-50)73-33-57(15-16-57)32-64-21-17-56(18-22-64)26-37(27-56)45-29-59-19-23-66(45)43-11-6-10-39-42(43)30-67(53(39)70)44-12-13-46(68)61-52(44)69/h5-6,8-11,24-25,28,37,44-45,59,71H,4,7,12-23,26-27,29-34H2,1-3H3,(H,61,68,69)/t44?,45?,55-/m1/s1. The van der Waals surface area contributed by atoms with E-state index in [4.69, 9.17) is 29.2 Å². The number of nitrogens with one attached hydrogen (secondary N) is 2. The lowest BCUT2D eigenvalue weighted by atomic mass is 9.55. The molecule has 16 nitrogen and oxygen atoms in total. The first-order chi connectivity index (χ1) is 35.8. The molecule has 7 heterocycles. The number of methoxy groups -OCH3 is 1. The van der Waals surface area contributed by atoms with Gasteiger partial charge in [0.1, 0.15) is 28.8 Å². The maximum Gasteiger partial charge on any atom is 0.319 e. The van der Waals surface area contributed by atoms with Crippen molar-refractivity contribution in [2.75, 3.05) is 82.7 Å². The maximum atomic E-state index is 17.5. The van der Waals surface area contributed by atoms with Crippen LogP contribution in [-0.2, 0) is 27.3 Å². The molecule has 2 saturated carbocycles. The number of carbonyl (C=O) groups is 3. The highest BCUT2D eigenvalue weighted by Crippen LogP contribution is 2.56. The highest BCUT2D eigenvalue weighted by Gasteiger charge is 2.52. The summed E-state index contributed by atoms with van der Waals surface area (Å²) in [6.45, 7) is 11.4. The summed E-state index contributed by atoms with van der Waals surface area (Å²) >= 11 is 0. The summed E-state index contributed by atoms with van der Waals surface area (Å²) in [5.41, 5.74) is 4.05. The first-order valence-electron chi connectivity index (χ1n) is 26.9. The predicted molar refractivity (Wildman–Crippen MR) is 279 cm³/mol. The van der Waals surface area contributed by atoms with Gasteiger partial charge in [-0.15, -0.1) is 0 Å². The molecule has 5 aromatic rings. The quantitative estimate of drug-likeness (QED) is 0.0786. The van der Waals surface area contributed by atoms with E-state index in [1.54, 1.807) is 18.2 Å². The molecule has 17 heteroatoms. The Hall–Kier alpha value is -6.01. The van der Waals surface area contributed by atoms with Gasteiger partial charge < -0.3 is 44.2 Å². The van der Waals surface area contributed by atoms with E-state index < -0.39 is 17.5 Å². The largest absolute Gasteiger partial charge is 0.468 e. The Bertz CT molecular complexity index is 3020. The zero-order valence-corrected chi connectivity index (χ0v) is 42.9. The molecule has 3 N–H and O–H groups in total. The Balaban J connectivity index is 0.732. The molecule has 4 saturated heterocycles. The predicted octanol–water partition coefficient (Wildman–Crippen LogP) is 6.77. The van der Waals surface area contributed by atoms with Crippen molar-refractivity contribution in [2.24, 2.45) is 16.7 Å². The van der Waals surface area contributed by atoms with E-state index >= 15 is 4.39 Å². The van der Waals surface area contributed by atoms with Crippen LogP contribution in [0.25, 0.3) is 32.9 Å². The summed E-state index contributed by atoms with van der Waals surface area (Å²) in [6, 6.07) is 15.6. The number of carbonyl (C=O) groups excluding carboxylic acids is 3. The van der Waals surface area contributed by atoms with Crippen LogP contribution in [0.2, 0.25) is 0 Å². The van der Waals surface area contributed by atoms with Crippen molar-refractivity contribution in [3.8, 4) is 23.0 Å². The molecular formula is C57H68FN9O7. The minimum absolute atomic E-state index is 0.0423. The Morgan fingerprint density at radius 2 is 1.76 bits per heavy atom. The molecule has 390 valence electrons. The van der Waals surface area contributed by atoms with E-state index in [9.17, 15) is 19.5 Å². The van der Waals surface area contributed by atoms with Crippen molar-refractivity contribution >= 4 is 50.9 Å². The molecule has 3 aromatic carbocycles. The van der Waals surface area contributed by atoms with Crippen molar-refractivity contribution in [2.45, 2.75) is 109 Å². The second-order valence-electron chi connectivity index (χ2n) is 22.8. The van der Waals surface area contributed by atoms with E-state index in [1.165, 1.54) is 12.8 Å². The summed E-state index contributed by atoms with van der Waals surface area (Å²) in [4.78, 5) is 61.9. The highest BCUT2D eigenvalue weighted by atomic mass is 19.1. The van der Waals surface area contributed by atoms with Crippen molar-refractivity contribution in [3.05, 3.63) is 77.2 Å². The number of piperidine rings is 3. The number of halogens is 1. The number of aryl methyl sites for hydroxylation is 1. The zero-order valence-electron chi connectivity index (χ0n) is 42.9. The Kier molecular flexibility index (Phi) is 12.7. The third-order valence-electron chi connectivity index (χ3n) is 17.7. The molecule has 3 atom stereocenters. The summed E-state index contributed by atoms with van der Waals surface area (Å²) < 4.78 is 35.2. The molecule has 2 unspecified atom stereocenters. The molecule has 12 rings (SSSR count). The minimum Gasteiger partial charge on any atom is -0.468 e. The van der Waals surface area contributed by atoms with Crippen molar-refractivity contribution < 1.29 is 38.1 Å². The number of fused-ring (bicyclic) bond motifs is 3. The van der Waals surface area contributed by atoms with Crippen LogP contribution in [0.4, 0.5) is 15.9 Å². The average molecular weight is 1010 g/mol. The van der Waals surface area contributed by atoms with Crippen LogP contribution in [0.1, 0.15) is 99.5 Å². The number of pyridine rings is 1. The molecule has 1 spiro atoms. The van der Waals surface area contributed by atoms with Gasteiger partial charge in [-0.1, -0.05) is 31.2 Å². The van der Waals surface area contributed by atoms with Gasteiger partial charge in [-0.2, -0.15) is 9.97 Å². The minimum atomic E-state index is -0.935. The first-order valence-corrected chi connectivity index (χ1v) is 26.9. The monoisotopic (exact) mass is 1010 g/mol. The number of ether oxygens (including phenoxy) is 3. The summed E-state index contributed by atoms with van der Waals surface area (Å²) in [5.74, 6) is 0.218. The van der Waals surface area contributed by atoms with Gasteiger partial charge in [0.25, 0.3) is 5.91 Å². The number of aliphatic hydroxyl groups is 1. The summed E-state index contributed by atoms with van der Waals surface area (Å²) in [6.07, 6.45) is 11.1. The second-order valence-corrected chi connectivity index (χ2v) is 22.8. The number of piperazine rings is 1. The lowest BCUT2D eigenvalue weighted by molar-refractivity contribution is -0.136. The fourth-order valence-corrected chi connectivity index (χ4v) is 13.5. The van der Waals surface area contributed by atoms with Gasteiger partial charge in [0.05, 0.1) is 17.6 Å². The fraction of sp³-hybridized carbons (Fsp3) is 0.544. The van der Waals surface area contributed by atoms with Crippen molar-refractivity contribution in [1.29, 1.82) is 0 Å².